The first-order chi connectivity index (χ1) is 5.77. The topological polar surface area (TPSA) is 40.5 Å². The molecule has 0 saturated heterocycles. The van der Waals surface area contributed by atoms with E-state index in [9.17, 15) is 5.11 Å². The summed E-state index contributed by atoms with van der Waals surface area (Å²) in [5.74, 6) is 0.413. The molecule has 0 bridgehead atoms. The van der Waals surface area contributed by atoms with Crippen LogP contribution in [0.1, 0.15) is 24.8 Å². The highest BCUT2D eigenvalue weighted by atomic mass is 16.3. The van der Waals surface area contributed by atoms with Crippen molar-refractivity contribution in [2.75, 3.05) is 6.61 Å². The first-order valence-corrected chi connectivity index (χ1v) is 4.17. The Labute approximate surface area is 72.5 Å². The summed E-state index contributed by atoms with van der Waals surface area (Å²) in [4.78, 5) is 0. The molecule has 1 atom stereocenters. The second-order valence-corrected chi connectivity index (χ2v) is 2.88. The fourth-order valence-corrected chi connectivity index (χ4v) is 1.25. The molecule has 2 nitrogen and oxygen atoms in total. The number of phenolic OH excluding ortho intramolecular Hbond substituents is 1. The van der Waals surface area contributed by atoms with E-state index in [1.807, 2.05) is 13.0 Å². The molecular formula is C10H14O2. The highest BCUT2D eigenvalue weighted by Crippen LogP contribution is 2.21. The first kappa shape index (κ1) is 9.07. The van der Waals surface area contributed by atoms with Crippen molar-refractivity contribution in [1.82, 2.24) is 0 Å². The number of phenols is 1. The van der Waals surface area contributed by atoms with Gasteiger partial charge in [-0.1, -0.05) is 19.1 Å². The van der Waals surface area contributed by atoms with Crippen molar-refractivity contribution in [3.8, 4) is 5.75 Å². The Hall–Kier alpha value is -1.02. The summed E-state index contributed by atoms with van der Waals surface area (Å²) in [5, 5.41) is 18.2. The predicted octanol–water partition coefficient (Wildman–Crippen LogP) is 1.88. The van der Waals surface area contributed by atoms with Crippen LogP contribution >= 0.6 is 0 Å². The van der Waals surface area contributed by atoms with Gasteiger partial charge in [0.1, 0.15) is 5.75 Å². The van der Waals surface area contributed by atoms with Crippen LogP contribution in [0.4, 0.5) is 0 Å². The fraction of sp³-hybridized carbons (Fsp3) is 0.400. The number of hydrogen-bond acceptors (Lipinski definition) is 2. The number of hydrogen-bond donors (Lipinski definition) is 2. The molecule has 2 heteroatoms. The summed E-state index contributed by atoms with van der Waals surface area (Å²) in [6, 6.07) is 7.05. The fourth-order valence-electron chi connectivity index (χ4n) is 1.25. The minimum absolute atomic E-state index is 0.139. The molecule has 1 aromatic rings. The van der Waals surface area contributed by atoms with Crippen LogP contribution in [-0.4, -0.2) is 16.8 Å². The van der Waals surface area contributed by atoms with Crippen molar-refractivity contribution in [2.24, 2.45) is 0 Å². The van der Waals surface area contributed by atoms with Crippen molar-refractivity contribution < 1.29 is 10.2 Å². The van der Waals surface area contributed by atoms with E-state index in [1.165, 1.54) is 0 Å². The van der Waals surface area contributed by atoms with Crippen molar-refractivity contribution >= 4 is 0 Å². The number of aliphatic hydroxyl groups excluding tert-OH is 1. The Morgan fingerprint density at radius 2 is 2.17 bits per heavy atom. The highest BCUT2D eigenvalue weighted by molar-refractivity contribution is 5.29. The smallest absolute Gasteiger partial charge is 0.115 e. The first-order valence-electron chi connectivity index (χ1n) is 4.17. The van der Waals surface area contributed by atoms with Gasteiger partial charge in [0, 0.05) is 12.5 Å². The summed E-state index contributed by atoms with van der Waals surface area (Å²) >= 11 is 0. The van der Waals surface area contributed by atoms with Crippen LogP contribution in [0.5, 0.6) is 5.75 Å². The Morgan fingerprint density at radius 3 is 2.67 bits per heavy atom. The van der Waals surface area contributed by atoms with Gasteiger partial charge in [-0.2, -0.15) is 0 Å². The molecular weight excluding hydrogens is 152 g/mol. The average molecular weight is 166 g/mol. The molecule has 0 radical (unpaired) electrons. The van der Waals surface area contributed by atoms with Gasteiger partial charge in [0.05, 0.1) is 0 Å². The zero-order chi connectivity index (χ0) is 8.97. The van der Waals surface area contributed by atoms with Gasteiger partial charge in [0.25, 0.3) is 0 Å². The van der Waals surface area contributed by atoms with Crippen LogP contribution in [0.2, 0.25) is 0 Å². The third-order valence-electron chi connectivity index (χ3n) is 2.05. The minimum Gasteiger partial charge on any atom is -0.508 e. The average Bonchev–Trinajstić information content (AvgIpc) is 2.07. The van der Waals surface area contributed by atoms with Crippen LogP contribution in [-0.2, 0) is 0 Å². The Balaban J connectivity index is 2.85. The maximum absolute atomic E-state index is 9.17. The van der Waals surface area contributed by atoms with E-state index in [4.69, 9.17) is 5.11 Å². The SMILES string of the molecule is CCC(CO)c1cccc(O)c1. The van der Waals surface area contributed by atoms with Crippen LogP contribution < -0.4 is 0 Å². The molecule has 0 aromatic heterocycles. The van der Waals surface area contributed by atoms with Gasteiger partial charge in [-0.3, -0.25) is 0 Å². The van der Waals surface area contributed by atoms with Crippen molar-refractivity contribution in [2.45, 2.75) is 19.3 Å². The second kappa shape index (κ2) is 4.12. The van der Waals surface area contributed by atoms with E-state index in [2.05, 4.69) is 0 Å². The number of aliphatic hydroxyl groups is 1. The minimum atomic E-state index is 0.139. The standard InChI is InChI=1S/C10H14O2/c1-2-8(7-11)9-4-3-5-10(12)6-9/h3-6,8,11-12H,2,7H2,1H3. The molecule has 0 aliphatic heterocycles. The lowest BCUT2D eigenvalue weighted by atomic mass is 9.97. The van der Waals surface area contributed by atoms with E-state index in [1.54, 1.807) is 18.2 Å². The van der Waals surface area contributed by atoms with Gasteiger partial charge in [0.15, 0.2) is 0 Å². The number of rotatable bonds is 3. The zero-order valence-electron chi connectivity index (χ0n) is 7.20. The lowest BCUT2D eigenvalue weighted by Gasteiger charge is -2.11. The number of benzene rings is 1. The molecule has 1 unspecified atom stereocenters. The quantitative estimate of drug-likeness (QED) is 0.719. The molecule has 0 aliphatic carbocycles. The Kier molecular flexibility index (Phi) is 3.11. The highest BCUT2D eigenvalue weighted by Gasteiger charge is 2.07. The maximum atomic E-state index is 9.17. The van der Waals surface area contributed by atoms with Gasteiger partial charge in [0.2, 0.25) is 0 Å². The molecule has 1 aromatic carbocycles. The van der Waals surface area contributed by atoms with Crippen LogP contribution in [0.3, 0.4) is 0 Å². The summed E-state index contributed by atoms with van der Waals surface area (Å²) in [5.41, 5.74) is 1.00. The van der Waals surface area contributed by atoms with Crippen LogP contribution in [0.15, 0.2) is 24.3 Å². The van der Waals surface area contributed by atoms with Gasteiger partial charge >= 0.3 is 0 Å². The Bertz CT molecular complexity index is 241. The molecule has 1 rings (SSSR count). The monoisotopic (exact) mass is 166 g/mol. The second-order valence-electron chi connectivity index (χ2n) is 2.88. The van der Waals surface area contributed by atoms with E-state index in [-0.39, 0.29) is 18.3 Å². The summed E-state index contributed by atoms with van der Waals surface area (Å²) in [6.45, 7) is 2.16. The molecule has 0 spiro atoms. The van der Waals surface area contributed by atoms with Gasteiger partial charge in [-0.25, -0.2) is 0 Å². The lowest BCUT2D eigenvalue weighted by molar-refractivity contribution is 0.262. The number of aromatic hydroxyl groups is 1. The molecule has 0 fully saturated rings. The van der Waals surface area contributed by atoms with Crippen molar-refractivity contribution in [3.05, 3.63) is 29.8 Å². The molecule has 0 heterocycles. The van der Waals surface area contributed by atoms with Gasteiger partial charge in [-0.05, 0) is 24.1 Å². The summed E-state index contributed by atoms with van der Waals surface area (Å²) < 4.78 is 0. The van der Waals surface area contributed by atoms with E-state index < -0.39 is 0 Å². The summed E-state index contributed by atoms with van der Waals surface area (Å²) in [7, 11) is 0. The normalized spacial score (nSPS) is 12.8. The molecule has 12 heavy (non-hydrogen) atoms. The van der Waals surface area contributed by atoms with E-state index in [0.717, 1.165) is 12.0 Å². The van der Waals surface area contributed by atoms with Crippen LogP contribution in [0.25, 0.3) is 0 Å². The molecule has 66 valence electrons. The maximum Gasteiger partial charge on any atom is 0.115 e. The predicted molar refractivity (Wildman–Crippen MR) is 48.2 cm³/mol. The molecule has 2 N–H and O–H groups in total. The Morgan fingerprint density at radius 1 is 1.42 bits per heavy atom. The van der Waals surface area contributed by atoms with Crippen LogP contribution in [0, 0.1) is 0 Å². The van der Waals surface area contributed by atoms with E-state index in [0.29, 0.717) is 0 Å². The van der Waals surface area contributed by atoms with Gasteiger partial charge < -0.3 is 10.2 Å². The lowest BCUT2D eigenvalue weighted by Crippen LogP contribution is -2.01. The third-order valence-corrected chi connectivity index (χ3v) is 2.05. The molecule has 0 amide bonds. The zero-order valence-corrected chi connectivity index (χ0v) is 7.20. The van der Waals surface area contributed by atoms with E-state index >= 15 is 0 Å². The van der Waals surface area contributed by atoms with Crippen molar-refractivity contribution in [3.63, 3.8) is 0 Å². The molecule has 0 aliphatic rings. The third kappa shape index (κ3) is 1.98. The van der Waals surface area contributed by atoms with Crippen molar-refractivity contribution in [1.29, 1.82) is 0 Å². The van der Waals surface area contributed by atoms with Gasteiger partial charge in [-0.15, -0.1) is 0 Å². The largest absolute Gasteiger partial charge is 0.508 e. The summed E-state index contributed by atoms with van der Waals surface area (Å²) in [6.07, 6.45) is 0.889. The molecule has 0 saturated carbocycles.